The molecule has 2 aromatic carbocycles. The Morgan fingerprint density at radius 2 is 2.10 bits per heavy atom. The lowest BCUT2D eigenvalue weighted by Crippen LogP contribution is -2.25. The maximum Gasteiger partial charge on any atom is 0.131 e. The summed E-state index contributed by atoms with van der Waals surface area (Å²) in [4.78, 5) is 0. The first kappa shape index (κ1) is 13.9. The van der Waals surface area contributed by atoms with Crippen LogP contribution in [-0.4, -0.2) is 0 Å². The predicted molar refractivity (Wildman–Crippen MR) is 80.5 cm³/mol. The summed E-state index contributed by atoms with van der Waals surface area (Å²) in [6.07, 6.45) is 0.0236. The molecule has 0 bridgehead atoms. The van der Waals surface area contributed by atoms with Crippen LogP contribution >= 0.6 is 27.5 Å². The zero-order chi connectivity index (χ0) is 14.3. The molecule has 2 atom stereocenters. The Hall–Kier alpha value is -1.10. The van der Waals surface area contributed by atoms with Gasteiger partial charge in [-0.2, -0.15) is 0 Å². The van der Waals surface area contributed by atoms with Gasteiger partial charge in [0.25, 0.3) is 0 Å². The molecule has 1 unspecified atom stereocenters. The highest BCUT2D eigenvalue weighted by atomic mass is 79.9. The molecule has 2 N–H and O–H groups in total. The molecule has 0 fully saturated rings. The Labute approximate surface area is 129 Å². The van der Waals surface area contributed by atoms with E-state index in [0.717, 1.165) is 10.0 Å². The predicted octanol–water partition coefficient (Wildman–Crippen LogP) is 4.77. The summed E-state index contributed by atoms with van der Waals surface area (Å²) in [5.74, 6) is 0.301. The summed E-state index contributed by atoms with van der Waals surface area (Å²) in [6.45, 7) is 0. The van der Waals surface area contributed by atoms with Crippen molar-refractivity contribution in [2.45, 2.75) is 18.6 Å². The molecule has 1 aliphatic heterocycles. The number of benzene rings is 2. The molecule has 1 aliphatic rings. The number of hydrogen-bond donors (Lipinski definition) is 1. The molecule has 2 nitrogen and oxygen atoms in total. The van der Waals surface area contributed by atoms with Crippen LogP contribution in [0.3, 0.4) is 0 Å². The fraction of sp³-hybridized carbons (Fsp3) is 0.200. The molecule has 0 spiro atoms. The monoisotopic (exact) mass is 355 g/mol. The van der Waals surface area contributed by atoms with Gasteiger partial charge in [0.05, 0.1) is 5.02 Å². The minimum atomic E-state index is -0.472. The Morgan fingerprint density at radius 1 is 1.30 bits per heavy atom. The molecule has 0 saturated heterocycles. The lowest BCUT2D eigenvalue weighted by Gasteiger charge is -2.31. The Bertz CT molecular complexity index is 644. The standard InChI is InChI=1S/C15H12BrClFNO/c16-8-4-5-9-12(19)7-14(20-13(9)6-8)15-10(17)2-1-3-11(15)18/h1-6,12,14H,7,19H2/t12-,14?/m1/s1. The average molecular weight is 357 g/mol. The maximum atomic E-state index is 14.0. The van der Waals surface area contributed by atoms with Crippen LogP contribution in [0.2, 0.25) is 5.02 Å². The van der Waals surface area contributed by atoms with Crippen LogP contribution in [0.4, 0.5) is 4.39 Å². The first-order chi connectivity index (χ1) is 9.56. The van der Waals surface area contributed by atoms with Crippen LogP contribution in [0.5, 0.6) is 5.75 Å². The maximum absolute atomic E-state index is 14.0. The van der Waals surface area contributed by atoms with Crippen molar-refractivity contribution in [1.29, 1.82) is 0 Å². The SMILES string of the molecule is N[C@@H]1CC(c2c(F)cccc2Cl)Oc2cc(Br)ccc21. The molecule has 0 amide bonds. The lowest BCUT2D eigenvalue weighted by atomic mass is 9.93. The van der Waals surface area contributed by atoms with Gasteiger partial charge in [-0.15, -0.1) is 0 Å². The van der Waals surface area contributed by atoms with E-state index >= 15 is 0 Å². The molecular formula is C15H12BrClFNO. The molecule has 104 valence electrons. The third-order valence-electron chi connectivity index (χ3n) is 3.43. The fourth-order valence-corrected chi connectivity index (χ4v) is 3.10. The number of rotatable bonds is 1. The zero-order valence-electron chi connectivity index (χ0n) is 10.4. The summed E-state index contributed by atoms with van der Waals surface area (Å²) < 4.78 is 20.8. The topological polar surface area (TPSA) is 35.2 Å². The normalized spacial score (nSPS) is 21.2. The molecule has 1 heterocycles. The molecule has 5 heteroatoms. The quantitative estimate of drug-likeness (QED) is 0.799. The van der Waals surface area contributed by atoms with Crippen LogP contribution in [0.25, 0.3) is 0 Å². The van der Waals surface area contributed by atoms with Crippen molar-refractivity contribution in [3.05, 3.63) is 62.8 Å². The van der Waals surface area contributed by atoms with E-state index < -0.39 is 6.10 Å². The van der Waals surface area contributed by atoms with E-state index in [9.17, 15) is 4.39 Å². The second-order valence-electron chi connectivity index (χ2n) is 4.77. The van der Waals surface area contributed by atoms with E-state index in [4.69, 9.17) is 22.1 Å². The van der Waals surface area contributed by atoms with E-state index in [1.54, 1.807) is 12.1 Å². The molecule has 20 heavy (non-hydrogen) atoms. The highest BCUT2D eigenvalue weighted by molar-refractivity contribution is 9.10. The van der Waals surface area contributed by atoms with Crippen LogP contribution < -0.4 is 10.5 Å². The van der Waals surface area contributed by atoms with Gasteiger partial charge in [0.2, 0.25) is 0 Å². The van der Waals surface area contributed by atoms with E-state index in [2.05, 4.69) is 15.9 Å². The molecule has 2 aromatic rings. The first-order valence-corrected chi connectivity index (χ1v) is 7.39. The van der Waals surface area contributed by atoms with Crippen LogP contribution in [0.15, 0.2) is 40.9 Å². The van der Waals surface area contributed by atoms with E-state index in [1.807, 2.05) is 18.2 Å². The van der Waals surface area contributed by atoms with E-state index in [0.29, 0.717) is 22.8 Å². The molecule has 0 aliphatic carbocycles. The highest BCUT2D eigenvalue weighted by Crippen LogP contribution is 2.43. The molecule has 0 radical (unpaired) electrons. The third-order valence-corrected chi connectivity index (χ3v) is 4.26. The van der Waals surface area contributed by atoms with Gasteiger partial charge in [0.1, 0.15) is 17.7 Å². The lowest BCUT2D eigenvalue weighted by molar-refractivity contribution is 0.157. The van der Waals surface area contributed by atoms with Crippen molar-refractivity contribution in [1.82, 2.24) is 0 Å². The van der Waals surface area contributed by atoms with E-state index in [1.165, 1.54) is 6.07 Å². The smallest absolute Gasteiger partial charge is 0.131 e. The highest BCUT2D eigenvalue weighted by Gasteiger charge is 2.30. The minimum absolute atomic E-state index is 0.201. The number of fused-ring (bicyclic) bond motifs is 1. The van der Waals surface area contributed by atoms with Gasteiger partial charge in [-0.05, 0) is 24.3 Å². The number of ether oxygens (including phenoxy) is 1. The average Bonchev–Trinajstić information content (AvgIpc) is 2.38. The summed E-state index contributed by atoms with van der Waals surface area (Å²) in [5.41, 5.74) is 7.46. The van der Waals surface area contributed by atoms with E-state index in [-0.39, 0.29) is 11.9 Å². The summed E-state index contributed by atoms with van der Waals surface area (Å²) >= 11 is 9.49. The van der Waals surface area contributed by atoms with Gasteiger partial charge in [0, 0.05) is 28.1 Å². The second kappa shape index (κ2) is 5.35. The van der Waals surface area contributed by atoms with Crippen LogP contribution in [-0.2, 0) is 0 Å². The van der Waals surface area contributed by atoms with Crippen LogP contribution in [0.1, 0.15) is 29.7 Å². The Morgan fingerprint density at radius 3 is 2.85 bits per heavy atom. The van der Waals surface area contributed by atoms with Gasteiger partial charge in [-0.1, -0.05) is 39.7 Å². The van der Waals surface area contributed by atoms with Crippen molar-refractivity contribution < 1.29 is 9.13 Å². The number of hydrogen-bond acceptors (Lipinski definition) is 2. The first-order valence-electron chi connectivity index (χ1n) is 6.22. The molecule has 0 saturated carbocycles. The van der Waals surface area contributed by atoms with Gasteiger partial charge in [-0.25, -0.2) is 4.39 Å². The number of halogens is 3. The third kappa shape index (κ3) is 2.43. The summed E-state index contributed by atoms with van der Waals surface area (Å²) in [5, 5.41) is 0.362. The number of nitrogens with two attached hydrogens (primary N) is 1. The van der Waals surface area contributed by atoms with Gasteiger partial charge in [0.15, 0.2) is 0 Å². The van der Waals surface area contributed by atoms with Crippen molar-refractivity contribution in [2.24, 2.45) is 5.73 Å². The Balaban J connectivity index is 2.03. The molecule has 3 rings (SSSR count). The van der Waals surface area contributed by atoms with Gasteiger partial charge < -0.3 is 10.5 Å². The summed E-state index contributed by atoms with van der Waals surface area (Å²) in [6, 6.07) is 10.1. The zero-order valence-corrected chi connectivity index (χ0v) is 12.8. The largest absolute Gasteiger partial charge is 0.485 e. The minimum Gasteiger partial charge on any atom is -0.485 e. The molecular weight excluding hydrogens is 345 g/mol. The van der Waals surface area contributed by atoms with Crippen molar-refractivity contribution in [2.75, 3.05) is 0 Å². The van der Waals surface area contributed by atoms with Crippen molar-refractivity contribution >= 4 is 27.5 Å². The van der Waals surface area contributed by atoms with Crippen molar-refractivity contribution in [3.8, 4) is 5.75 Å². The second-order valence-corrected chi connectivity index (χ2v) is 6.09. The molecule has 0 aromatic heterocycles. The summed E-state index contributed by atoms with van der Waals surface area (Å²) in [7, 11) is 0. The fourth-order valence-electron chi connectivity index (χ4n) is 2.47. The van der Waals surface area contributed by atoms with Gasteiger partial charge in [-0.3, -0.25) is 0 Å². The Kier molecular flexibility index (Phi) is 3.71. The van der Waals surface area contributed by atoms with Gasteiger partial charge >= 0.3 is 0 Å². The van der Waals surface area contributed by atoms with Crippen LogP contribution in [0, 0.1) is 5.82 Å². The van der Waals surface area contributed by atoms with Crippen molar-refractivity contribution in [3.63, 3.8) is 0 Å².